The van der Waals surface area contributed by atoms with Gasteiger partial charge in [-0.15, -0.1) is 0 Å². The molecule has 0 aliphatic heterocycles. The maximum absolute atomic E-state index is 12.2. The second-order valence-electron chi connectivity index (χ2n) is 4.35. The molecule has 0 fully saturated rings. The van der Waals surface area contributed by atoms with Crippen LogP contribution in [-0.2, 0) is 9.84 Å². The SMILES string of the molecule is CS(=O)(=O)c1ncc(Cl)c(C(=O)Nc2ccccc2[N+](=O)[O-])n1. The lowest BCUT2D eigenvalue weighted by molar-refractivity contribution is -0.383. The lowest BCUT2D eigenvalue weighted by Gasteiger charge is -2.07. The van der Waals surface area contributed by atoms with Crippen molar-refractivity contribution in [3.8, 4) is 0 Å². The standard InChI is InChI=1S/C12H9ClN4O5S/c1-23(21,22)12-14-6-7(13)10(16-12)11(18)15-8-4-2-3-5-9(8)17(19)20/h2-6H,1H3,(H,15,18). The van der Waals surface area contributed by atoms with Gasteiger partial charge in [-0.3, -0.25) is 14.9 Å². The third-order valence-electron chi connectivity index (χ3n) is 2.62. The summed E-state index contributed by atoms with van der Waals surface area (Å²) >= 11 is 5.80. The molecule has 0 saturated heterocycles. The number of amides is 1. The maximum Gasteiger partial charge on any atom is 0.292 e. The number of nitro groups is 1. The summed E-state index contributed by atoms with van der Waals surface area (Å²) in [7, 11) is -3.74. The molecule has 1 amide bonds. The lowest BCUT2D eigenvalue weighted by Crippen LogP contribution is -2.17. The van der Waals surface area contributed by atoms with E-state index in [0.29, 0.717) is 0 Å². The van der Waals surface area contributed by atoms with Crippen LogP contribution in [0.2, 0.25) is 5.02 Å². The number of nitrogens with zero attached hydrogens (tertiary/aromatic N) is 3. The highest BCUT2D eigenvalue weighted by Crippen LogP contribution is 2.24. The monoisotopic (exact) mass is 356 g/mol. The van der Waals surface area contributed by atoms with E-state index in [4.69, 9.17) is 11.6 Å². The van der Waals surface area contributed by atoms with Crippen molar-refractivity contribution in [2.24, 2.45) is 0 Å². The van der Waals surface area contributed by atoms with Gasteiger partial charge >= 0.3 is 0 Å². The van der Waals surface area contributed by atoms with E-state index in [1.54, 1.807) is 0 Å². The number of halogens is 1. The molecule has 0 aliphatic carbocycles. The average Bonchev–Trinajstić information content (AvgIpc) is 2.46. The van der Waals surface area contributed by atoms with Crippen molar-refractivity contribution in [2.45, 2.75) is 5.16 Å². The Hall–Kier alpha value is -2.59. The Bertz CT molecular complexity index is 900. The lowest BCUT2D eigenvalue weighted by atomic mass is 10.2. The molecule has 1 aromatic heterocycles. The number of benzene rings is 1. The third-order valence-corrected chi connectivity index (χ3v) is 3.75. The molecule has 0 bridgehead atoms. The zero-order valence-electron chi connectivity index (χ0n) is 11.6. The Labute approximate surface area is 135 Å². The fraction of sp³-hybridized carbons (Fsp3) is 0.0833. The molecule has 2 aromatic rings. The summed E-state index contributed by atoms with van der Waals surface area (Å²) in [5.41, 5.74) is -0.798. The topological polar surface area (TPSA) is 132 Å². The minimum Gasteiger partial charge on any atom is -0.315 e. The van der Waals surface area contributed by atoms with Crippen LogP contribution in [-0.4, -0.2) is 35.5 Å². The molecular weight excluding hydrogens is 348 g/mol. The van der Waals surface area contributed by atoms with E-state index in [1.165, 1.54) is 24.3 Å². The van der Waals surface area contributed by atoms with Gasteiger partial charge in [0.1, 0.15) is 5.69 Å². The molecule has 0 saturated carbocycles. The summed E-state index contributed by atoms with van der Waals surface area (Å²) in [6.07, 6.45) is 1.85. The summed E-state index contributed by atoms with van der Waals surface area (Å²) in [5.74, 6) is -0.892. The average molecular weight is 357 g/mol. The number of carbonyl (C=O) groups excluding carboxylic acids is 1. The predicted molar refractivity (Wildman–Crippen MR) is 81.2 cm³/mol. The molecule has 120 valence electrons. The minimum absolute atomic E-state index is 0.0712. The molecule has 0 spiro atoms. The van der Waals surface area contributed by atoms with E-state index in [0.717, 1.165) is 12.5 Å². The van der Waals surface area contributed by atoms with Crippen molar-refractivity contribution in [3.63, 3.8) is 0 Å². The molecule has 0 radical (unpaired) electrons. The zero-order valence-corrected chi connectivity index (χ0v) is 13.1. The van der Waals surface area contributed by atoms with Gasteiger partial charge in [-0.05, 0) is 6.07 Å². The first kappa shape index (κ1) is 16.8. The van der Waals surface area contributed by atoms with Crippen molar-refractivity contribution in [1.82, 2.24) is 9.97 Å². The number of para-hydroxylation sites is 2. The summed E-state index contributed by atoms with van der Waals surface area (Å²) in [5, 5.41) is 12.4. The summed E-state index contributed by atoms with van der Waals surface area (Å²) in [6.45, 7) is 0. The van der Waals surface area contributed by atoms with Crippen LogP contribution in [0.15, 0.2) is 35.6 Å². The number of sulfone groups is 1. The van der Waals surface area contributed by atoms with E-state index < -0.39 is 31.5 Å². The highest BCUT2D eigenvalue weighted by Gasteiger charge is 2.21. The quantitative estimate of drug-likeness (QED) is 0.500. The van der Waals surface area contributed by atoms with Crippen molar-refractivity contribution in [1.29, 1.82) is 0 Å². The van der Waals surface area contributed by atoms with Crippen LogP contribution in [0.3, 0.4) is 0 Å². The van der Waals surface area contributed by atoms with Crippen molar-refractivity contribution < 1.29 is 18.1 Å². The Kier molecular flexibility index (Phi) is 4.57. The first-order valence-corrected chi connectivity index (χ1v) is 8.24. The van der Waals surface area contributed by atoms with Crippen molar-refractivity contribution in [2.75, 3.05) is 11.6 Å². The molecule has 1 N–H and O–H groups in total. The number of nitrogens with one attached hydrogen (secondary N) is 1. The smallest absolute Gasteiger partial charge is 0.292 e. The molecule has 0 aliphatic rings. The van der Waals surface area contributed by atoms with Gasteiger partial charge in [-0.25, -0.2) is 18.4 Å². The molecule has 0 atom stereocenters. The van der Waals surface area contributed by atoms with Gasteiger partial charge in [0, 0.05) is 12.3 Å². The highest BCUT2D eigenvalue weighted by molar-refractivity contribution is 7.90. The number of rotatable bonds is 4. The van der Waals surface area contributed by atoms with Gasteiger partial charge in [0.25, 0.3) is 11.6 Å². The van der Waals surface area contributed by atoms with Crippen LogP contribution in [0, 0.1) is 10.1 Å². The third kappa shape index (κ3) is 3.79. The van der Waals surface area contributed by atoms with Crippen LogP contribution >= 0.6 is 11.6 Å². The zero-order chi connectivity index (χ0) is 17.2. The van der Waals surface area contributed by atoms with Gasteiger partial charge < -0.3 is 5.32 Å². The molecule has 0 unspecified atom stereocenters. The van der Waals surface area contributed by atoms with Crippen molar-refractivity contribution >= 4 is 38.7 Å². The maximum atomic E-state index is 12.2. The summed E-state index contributed by atoms with van der Waals surface area (Å²) in [6, 6.07) is 5.46. The largest absolute Gasteiger partial charge is 0.315 e. The van der Waals surface area contributed by atoms with Gasteiger partial charge in [-0.2, -0.15) is 0 Å². The predicted octanol–water partition coefficient (Wildman–Crippen LogP) is 1.69. The number of nitro benzene ring substituents is 1. The molecule has 1 heterocycles. The molecule has 11 heteroatoms. The Morgan fingerprint density at radius 3 is 2.61 bits per heavy atom. The van der Waals surface area contributed by atoms with E-state index in [2.05, 4.69) is 15.3 Å². The Morgan fingerprint density at radius 1 is 1.35 bits per heavy atom. The Balaban J connectivity index is 2.41. The van der Waals surface area contributed by atoms with E-state index >= 15 is 0 Å². The first-order valence-electron chi connectivity index (χ1n) is 5.97. The van der Waals surface area contributed by atoms with Crippen LogP contribution in [0.4, 0.5) is 11.4 Å². The minimum atomic E-state index is -3.74. The normalized spacial score (nSPS) is 11.0. The summed E-state index contributed by atoms with van der Waals surface area (Å²) in [4.78, 5) is 29.6. The highest BCUT2D eigenvalue weighted by atomic mass is 35.5. The van der Waals surface area contributed by atoms with E-state index in [1.807, 2.05) is 0 Å². The second-order valence-corrected chi connectivity index (χ2v) is 6.67. The van der Waals surface area contributed by atoms with Gasteiger partial charge in [0.05, 0.1) is 16.1 Å². The van der Waals surface area contributed by atoms with E-state index in [-0.39, 0.29) is 16.4 Å². The summed E-state index contributed by atoms with van der Waals surface area (Å²) < 4.78 is 22.9. The van der Waals surface area contributed by atoms with Crippen LogP contribution in [0.25, 0.3) is 0 Å². The molecule has 9 nitrogen and oxygen atoms in total. The van der Waals surface area contributed by atoms with Crippen molar-refractivity contribution in [3.05, 3.63) is 51.3 Å². The fourth-order valence-electron chi connectivity index (χ4n) is 1.61. The van der Waals surface area contributed by atoms with Crippen LogP contribution in [0.1, 0.15) is 10.5 Å². The van der Waals surface area contributed by atoms with E-state index in [9.17, 15) is 23.3 Å². The van der Waals surface area contributed by atoms with Crippen LogP contribution < -0.4 is 5.32 Å². The van der Waals surface area contributed by atoms with Gasteiger partial charge in [-0.1, -0.05) is 23.7 Å². The fourth-order valence-corrected chi connectivity index (χ4v) is 2.29. The number of aromatic nitrogens is 2. The number of hydrogen-bond donors (Lipinski definition) is 1. The molecular formula is C12H9ClN4O5S. The second kappa shape index (κ2) is 6.26. The number of hydrogen-bond acceptors (Lipinski definition) is 7. The number of anilines is 1. The number of carbonyl (C=O) groups is 1. The molecule has 1 aromatic carbocycles. The first-order chi connectivity index (χ1) is 10.7. The van der Waals surface area contributed by atoms with Crippen LogP contribution in [0.5, 0.6) is 0 Å². The van der Waals surface area contributed by atoms with Gasteiger partial charge in [0.15, 0.2) is 5.69 Å². The van der Waals surface area contributed by atoms with Gasteiger partial charge in [0.2, 0.25) is 15.0 Å². The molecule has 23 heavy (non-hydrogen) atoms. The Morgan fingerprint density at radius 2 is 2.00 bits per heavy atom. The molecule has 2 rings (SSSR count).